The standard InChI is InChI=1S/C31H43N3O5S/c1-20-27(40(37,38)32-17-28-33-25(19-39-28)29(35)36)16-26(34(20)18-21-11-9-8-10-12-21)22-13-23(30(2,3)4)15-24(14-22)31(5,6)7/h13-16,19,21,32H,8-12,17-18H2,1-7H3,(H,35,36). The molecule has 0 radical (unpaired) electrons. The quantitative estimate of drug-likeness (QED) is 0.308. The highest BCUT2D eigenvalue weighted by Gasteiger charge is 2.28. The van der Waals surface area contributed by atoms with E-state index in [0.717, 1.165) is 36.9 Å². The molecule has 0 spiro atoms. The second kappa shape index (κ2) is 11.2. The summed E-state index contributed by atoms with van der Waals surface area (Å²) in [5.74, 6) is -0.741. The van der Waals surface area contributed by atoms with Gasteiger partial charge in [0.05, 0.1) is 6.54 Å². The number of hydrogen-bond donors (Lipinski definition) is 2. The van der Waals surface area contributed by atoms with Crippen LogP contribution in [0.4, 0.5) is 0 Å². The predicted molar refractivity (Wildman–Crippen MR) is 156 cm³/mol. The van der Waals surface area contributed by atoms with Crippen LogP contribution >= 0.6 is 0 Å². The number of sulfonamides is 1. The SMILES string of the molecule is Cc1c(S(=O)(=O)NCc2nc(C(=O)O)co2)cc(-c2cc(C(C)(C)C)cc(C(C)(C)C)c2)n1CC1CCCCC1. The average Bonchev–Trinajstić information content (AvgIpc) is 3.48. The third-order valence-corrected chi connectivity index (χ3v) is 9.44. The Morgan fingerprint density at radius 1 is 1.02 bits per heavy atom. The number of hydrogen-bond acceptors (Lipinski definition) is 5. The first kappa shape index (κ1) is 30.1. The number of carboxylic acid groups (broad SMARTS) is 1. The zero-order valence-electron chi connectivity index (χ0n) is 24.8. The van der Waals surface area contributed by atoms with Gasteiger partial charge in [-0.1, -0.05) is 66.9 Å². The largest absolute Gasteiger partial charge is 0.476 e. The van der Waals surface area contributed by atoms with Gasteiger partial charge in [0.25, 0.3) is 0 Å². The van der Waals surface area contributed by atoms with E-state index in [2.05, 4.69) is 74.0 Å². The van der Waals surface area contributed by atoms with E-state index in [1.807, 2.05) is 6.92 Å². The number of aromatic nitrogens is 2. The number of aromatic carboxylic acids is 1. The van der Waals surface area contributed by atoms with E-state index in [9.17, 15) is 13.2 Å². The highest BCUT2D eigenvalue weighted by Crippen LogP contribution is 2.37. The van der Waals surface area contributed by atoms with E-state index in [0.29, 0.717) is 11.6 Å². The molecule has 9 heteroatoms. The Balaban J connectivity index is 1.80. The maximum absolute atomic E-state index is 13.6. The molecule has 2 N–H and O–H groups in total. The topological polar surface area (TPSA) is 114 Å². The minimum absolute atomic E-state index is 0.00631. The Hall–Kier alpha value is -2.91. The molecule has 8 nitrogen and oxygen atoms in total. The van der Waals surface area contributed by atoms with Crippen LogP contribution in [0.5, 0.6) is 0 Å². The summed E-state index contributed by atoms with van der Waals surface area (Å²) in [6.45, 7) is 15.6. The van der Waals surface area contributed by atoms with Crippen LogP contribution in [-0.4, -0.2) is 29.0 Å². The number of nitrogens with one attached hydrogen (secondary N) is 1. The highest BCUT2D eigenvalue weighted by molar-refractivity contribution is 7.89. The van der Waals surface area contributed by atoms with Crippen LogP contribution in [0.15, 0.2) is 39.8 Å². The molecule has 2 aromatic heterocycles. The van der Waals surface area contributed by atoms with Crippen molar-refractivity contribution in [3.8, 4) is 11.3 Å². The molecule has 1 aliphatic rings. The molecule has 40 heavy (non-hydrogen) atoms. The van der Waals surface area contributed by atoms with Gasteiger partial charge in [-0.25, -0.2) is 22.9 Å². The van der Waals surface area contributed by atoms with E-state index >= 15 is 0 Å². The molecule has 3 aromatic rings. The monoisotopic (exact) mass is 569 g/mol. The Labute approximate surface area is 238 Å². The maximum Gasteiger partial charge on any atom is 0.357 e. The van der Waals surface area contributed by atoms with Crippen LogP contribution in [0.25, 0.3) is 11.3 Å². The van der Waals surface area contributed by atoms with Gasteiger partial charge in [-0.2, -0.15) is 0 Å². The molecule has 0 amide bonds. The lowest BCUT2D eigenvalue weighted by molar-refractivity contribution is 0.0690. The summed E-state index contributed by atoms with van der Waals surface area (Å²) in [7, 11) is -3.95. The van der Waals surface area contributed by atoms with Crippen molar-refractivity contribution in [3.05, 3.63) is 58.9 Å². The van der Waals surface area contributed by atoms with E-state index in [-0.39, 0.29) is 33.9 Å². The summed E-state index contributed by atoms with van der Waals surface area (Å²) < 4.78 is 37.1. The van der Waals surface area contributed by atoms with E-state index in [1.54, 1.807) is 6.07 Å². The molecule has 218 valence electrons. The van der Waals surface area contributed by atoms with Gasteiger partial charge < -0.3 is 14.1 Å². The molecule has 0 bridgehead atoms. The number of carbonyl (C=O) groups is 1. The van der Waals surface area contributed by atoms with Gasteiger partial charge in [0, 0.05) is 17.9 Å². The molecule has 0 atom stereocenters. The summed E-state index contributed by atoms with van der Waals surface area (Å²) in [4.78, 5) is 15.2. The van der Waals surface area contributed by atoms with Gasteiger partial charge in [0.15, 0.2) is 5.69 Å². The van der Waals surface area contributed by atoms with Crippen molar-refractivity contribution in [3.63, 3.8) is 0 Å². The van der Waals surface area contributed by atoms with Crippen molar-refractivity contribution in [2.45, 2.75) is 109 Å². The van der Waals surface area contributed by atoms with Crippen LogP contribution in [0.3, 0.4) is 0 Å². The zero-order valence-corrected chi connectivity index (χ0v) is 25.6. The Kier molecular flexibility index (Phi) is 8.39. The maximum atomic E-state index is 13.6. The Bertz CT molecular complexity index is 1450. The van der Waals surface area contributed by atoms with Crippen LogP contribution in [0.2, 0.25) is 0 Å². The number of carboxylic acids is 1. The van der Waals surface area contributed by atoms with E-state index < -0.39 is 16.0 Å². The molecule has 0 unspecified atom stereocenters. The average molecular weight is 570 g/mol. The number of benzene rings is 1. The first-order valence-corrected chi connectivity index (χ1v) is 15.6. The van der Waals surface area contributed by atoms with Gasteiger partial charge in [-0.15, -0.1) is 0 Å². The minimum atomic E-state index is -3.95. The predicted octanol–water partition coefficient (Wildman–Crippen LogP) is 6.80. The fraction of sp³-hybridized carbons (Fsp3) is 0.548. The lowest BCUT2D eigenvalue weighted by Gasteiger charge is -2.27. The minimum Gasteiger partial charge on any atom is -0.476 e. The molecule has 2 heterocycles. The van der Waals surface area contributed by atoms with E-state index in [4.69, 9.17) is 9.52 Å². The first-order chi connectivity index (χ1) is 18.6. The summed E-state index contributed by atoms with van der Waals surface area (Å²) in [5.41, 5.74) is 4.59. The van der Waals surface area contributed by atoms with Crippen molar-refractivity contribution < 1.29 is 22.7 Å². The van der Waals surface area contributed by atoms with Gasteiger partial charge in [-0.3, -0.25) is 0 Å². The van der Waals surface area contributed by atoms with Gasteiger partial charge >= 0.3 is 5.97 Å². The van der Waals surface area contributed by atoms with Gasteiger partial charge in [0.1, 0.15) is 11.2 Å². The summed E-state index contributed by atoms with van der Waals surface area (Å²) >= 11 is 0. The summed E-state index contributed by atoms with van der Waals surface area (Å²) in [6.07, 6.45) is 6.95. The number of rotatable bonds is 8. The first-order valence-electron chi connectivity index (χ1n) is 14.1. The lowest BCUT2D eigenvalue weighted by atomic mass is 9.79. The molecule has 1 saturated carbocycles. The number of nitrogens with zero attached hydrogens (tertiary/aromatic N) is 2. The van der Waals surface area contributed by atoms with Crippen LogP contribution in [-0.2, 0) is 33.9 Å². The lowest BCUT2D eigenvalue weighted by Crippen LogP contribution is -2.24. The third-order valence-electron chi connectivity index (χ3n) is 7.92. The molecule has 1 aliphatic carbocycles. The molecule has 4 rings (SSSR count). The van der Waals surface area contributed by atoms with Crippen molar-refractivity contribution in [2.24, 2.45) is 5.92 Å². The molecule has 1 aromatic carbocycles. The van der Waals surface area contributed by atoms with Gasteiger partial charge in [-0.05, 0) is 71.4 Å². The zero-order chi connectivity index (χ0) is 29.5. The van der Waals surface area contributed by atoms with Crippen molar-refractivity contribution in [2.75, 3.05) is 0 Å². The second-order valence-corrected chi connectivity index (χ2v) is 14.9. The highest BCUT2D eigenvalue weighted by atomic mass is 32.2. The van der Waals surface area contributed by atoms with Crippen LogP contribution in [0.1, 0.15) is 107 Å². The summed E-state index contributed by atoms with van der Waals surface area (Å²) in [6, 6.07) is 8.45. The summed E-state index contributed by atoms with van der Waals surface area (Å²) in [5, 5.41) is 9.09. The molecule has 0 aliphatic heterocycles. The second-order valence-electron chi connectivity index (χ2n) is 13.1. The van der Waals surface area contributed by atoms with Crippen molar-refractivity contribution >= 4 is 16.0 Å². The molecular weight excluding hydrogens is 526 g/mol. The van der Waals surface area contributed by atoms with Crippen molar-refractivity contribution in [1.29, 1.82) is 0 Å². The smallest absolute Gasteiger partial charge is 0.357 e. The van der Waals surface area contributed by atoms with E-state index in [1.165, 1.54) is 30.4 Å². The Morgan fingerprint density at radius 3 is 2.15 bits per heavy atom. The fourth-order valence-corrected chi connectivity index (χ4v) is 6.60. The molecule has 1 fully saturated rings. The fourth-order valence-electron chi connectivity index (χ4n) is 5.36. The third kappa shape index (κ3) is 6.69. The normalized spacial score (nSPS) is 15.5. The molecular formula is C31H43N3O5S. The number of oxazole rings is 1. The van der Waals surface area contributed by atoms with Crippen LogP contribution < -0.4 is 4.72 Å². The van der Waals surface area contributed by atoms with Crippen LogP contribution in [0, 0.1) is 12.8 Å². The molecule has 0 saturated heterocycles. The Morgan fingerprint density at radius 2 is 1.62 bits per heavy atom. The van der Waals surface area contributed by atoms with Crippen molar-refractivity contribution in [1.82, 2.24) is 14.3 Å². The van der Waals surface area contributed by atoms with Gasteiger partial charge in [0.2, 0.25) is 15.9 Å².